The van der Waals surface area contributed by atoms with Gasteiger partial charge in [-0.25, -0.2) is 0 Å². The molecule has 0 aliphatic carbocycles. The van der Waals surface area contributed by atoms with Crippen molar-refractivity contribution < 1.29 is 44.9 Å². The summed E-state index contributed by atoms with van der Waals surface area (Å²) in [5.41, 5.74) is 5.91. The van der Waals surface area contributed by atoms with Crippen molar-refractivity contribution in [3.8, 4) is 11.5 Å². The molecule has 10 heteroatoms. The van der Waals surface area contributed by atoms with Gasteiger partial charge in [0.1, 0.15) is 30.5 Å². The van der Waals surface area contributed by atoms with Crippen molar-refractivity contribution in [1.82, 2.24) is 0 Å². The summed E-state index contributed by atoms with van der Waals surface area (Å²) in [6.07, 6.45) is -7.45. The number of aromatic hydroxyl groups is 1. The highest BCUT2D eigenvalue weighted by molar-refractivity contribution is 5.73. The lowest BCUT2D eigenvalue weighted by Crippen LogP contribution is -2.60. The van der Waals surface area contributed by atoms with E-state index in [1.807, 2.05) is 0 Å². The minimum atomic E-state index is -1.64. The van der Waals surface area contributed by atoms with Crippen LogP contribution in [0.5, 0.6) is 11.5 Å². The molecule has 0 saturated carbocycles. The fourth-order valence-corrected chi connectivity index (χ4v) is 2.41. The Balaban J connectivity index is 2.17. The summed E-state index contributed by atoms with van der Waals surface area (Å²) in [5.74, 6) is -1.64. The van der Waals surface area contributed by atoms with Crippen LogP contribution in [-0.4, -0.2) is 80.0 Å². The van der Waals surface area contributed by atoms with Crippen LogP contribution in [-0.2, 0) is 16.0 Å². The number of carboxylic acids is 1. The Hall–Kier alpha value is -1.95. The predicted molar refractivity (Wildman–Crippen MR) is 81.8 cm³/mol. The van der Waals surface area contributed by atoms with Gasteiger partial charge in [-0.05, 0) is 24.1 Å². The molecule has 1 saturated heterocycles. The highest BCUT2D eigenvalue weighted by Crippen LogP contribution is 2.31. The number of hydrogen-bond acceptors (Lipinski definition) is 9. The molecule has 1 aromatic carbocycles. The SMILES string of the molecule is N[C@@H](Cc1ccc(O)c(O[C@@H]2O[C@H](CO)[C@@H](O)[C@H](O)[C@H]2O)c1)C(=O)O. The van der Waals surface area contributed by atoms with Crippen molar-refractivity contribution in [2.75, 3.05) is 6.61 Å². The number of phenols is 1. The van der Waals surface area contributed by atoms with Crippen LogP contribution in [0.15, 0.2) is 18.2 Å². The predicted octanol–water partition coefficient (Wildman–Crippen LogP) is -2.47. The molecule has 140 valence electrons. The Morgan fingerprint density at radius 1 is 1.24 bits per heavy atom. The van der Waals surface area contributed by atoms with Gasteiger partial charge in [0.15, 0.2) is 11.5 Å². The van der Waals surface area contributed by atoms with Crippen LogP contribution in [0.25, 0.3) is 0 Å². The number of nitrogens with two attached hydrogens (primary N) is 1. The maximum atomic E-state index is 10.8. The standard InChI is InChI=1S/C15H21NO9/c16-7(14(22)23)3-6-1-2-8(18)9(4-6)24-15-13(21)12(20)11(19)10(5-17)25-15/h1-2,4,7,10-13,15,17-21H,3,5,16H2,(H,22,23)/t7-,10+,11+,12-,13+,15+/m0/s1. The summed E-state index contributed by atoms with van der Waals surface area (Å²) in [6.45, 7) is -0.621. The number of carbonyl (C=O) groups is 1. The Bertz CT molecular complexity index is 609. The van der Waals surface area contributed by atoms with Crippen molar-refractivity contribution in [3.63, 3.8) is 0 Å². The minimum Gasteiger partial charge on any atom is -0.504 e. The normalized spacial score (nSPS) is 30.7. The van der Waals surface area contributed by atoms with E-state index in [1.54, 1.807) is 0 Å². The maximum Gasteiger partial charge on any atom is 0.320 e. The van der Waals surface area contributed by atoms with Gasteiger partial charge >= 0.3 is 5.97 Å². The lowest BCUT2D eigenvalue weighted by atomic mass is 9.99. The summed E-state index contributed by atoms with van der Waals surface area (Å²) in [6, 6.07) is 2.88. The molecule has 1 aromatic rings. The molecule has 2 rings (SSSR count). The van der Waals surface area contributed by atoms with Crippen molar-refractivity contribution in [1.29, 1.82) is 0 Å². The van der Waals surface area contributed by atoms with Crippen LogP contribution < -0.4 is 10.5 Å². The van der Waals surface area contributed by atoms with E-state index in [-0.39, 0.29) is 17.9 Å². The van der Waals surface area contributed by atoms with Crippen molar-refractivity contribution in [2.45, 2.75) is 43.2 Å². The fraction of sp³-hybridized carbons (Fsp3) is 0.533. The van der Waals surface area contributed by atoms with Crippen molar-refractivity contribution in [3.05, 3.63) is 23.8 Å². The van der Waals surface area contributed by atoms with Crippen LogP contribution in [0.4, 0.5) is 0 Å². The number of ether oxygens (including phenoxy) is 2. The van der Waals surface area contributed by atoms with Gasteiger partial charge in [0.05, 0.1) is 6.61 Å². The molecule has 1 aliphatic heterocycles. The number of rotatable bonds is 6. The van der Waals surface area contributed by atoms with Gasteiger partial charge in [-0.2, -0.15) is 0 Å². The number of carboxylic acid groups (broad SMARTS) is 1. The number of aliphatic carboxylic acids is 1. The molecule has 1 aliphatic rings. The molecule has 1 fully saturated rings. The third-order valence-electron chi connectivity index (χ3n) is 3.89. The van der Waals surface area contributed by atoms with Gasteiger partial charge < -0.3 is 45.8 Å². The molecule has 0 unspecified atom stereocenters. The zero-order chi connectivity index (χ0) is 18.7. The monoisotopic (exact) mass is 359 g/mol. The summed E-state index contributed by atoms with van der Waals surface area (Å²) in [5, 5.41) is 57.2. The van der Waals surface area contributed by atoms with Crippen LogP contribution >= 0.6 is 0 Å². The average Bonchev–Trinajstić information content (AvgIpc) is 2.58. The molecule has 0 bridgehead atoms. The summed E-state index contributed by atoms with van der Waals surface area (Å²) >= 11 is 0. The molecule has 0 radical (unpaired) electrons. The fourth-order valence-electron chi connectivity index (χ4n) is 2.41. The largest absolute Gasteiger partial charge is 0.504 e. The molecule has 6 atom stereocenters. The van der Waals surface area contributed by atoms with Crippen molar-refractivity contribution >= 4 is 5.97 Å². The molecule has 0 spiro atoms. The number of aliphatic hydroxyl groups excluding tert-OH is 4. The third kappa shape index (κ3) is 4.37. The molecule has 8 N–H and O–H groups in total. The number of hydrogen-bond donors (Lipinski definition) is 7. The lowest BCUT2D eigenvalue weighted by molar-refractivity contribution is -0.277. The van der Waals surface area contributed by atoms with Crippen LogP contribution in [0.3, 0.4) is 0 Å². The minimum absolute atomic E-state index is 0.0271. The molecule has 25 heavy (non-hydrogen) atoms. The maximum absolute atomic E-state index is 10.8. The Morgan fingerprint density at radius 3 is 2.52 bits per heavy atom. The number of phenolic OH excluding ortho intramolecular Hbond substituents is 1. The van der Waals surface area contributed by atoms with Gasteiger partial charge in [-0.15, -0.1) is 0 Å². The summed E-state index contributed by atoms with van der Waals surface area (Å²) < 4.78 is 10.5. The smallest absolute Gasteiger partial charge is 0.320 e. The Labute approximate surface area is 142 Å². The quantitative estimate of drug-likeness (QED) is 0.287. The van der Waals surface area contributed by atoms with Gasteiger partial charge in [0.2, 0.25) is 6.29 Å². The van der Waals surface area contributed by atoms with E-state index in [0.29, 0.717) is 5.56 Å². The van der Waals surface area contributed by atoms with Gasteiger partial charge in [0.25, 0.3) is 0 Å². The molecular formula is C15H21NO9. The van der Waals surface area contributed by atoms with Crippen molar-refractivity contribution in [2.24, 2.45) is 5.73 Å². The average molecular weight is 359 g/mol. The second kappa shape index (κ2) is 7.95. The second-order valence-electron chi connectivity index (χ2n) is 5.77. The second-order valence-corrected chi connectivity index (χ2v) is 5.77. The van der Waals surface area contributed by atoms with E-state index in [2.05, 4.69) is 0 Å². The van der Waals surface area contributed by atoms with Crippen LogP contribution in [0, 0.1) is 0 Å². The zero-order valence-electron chi connectivity index (χ0n) is 13.1. The molecule has 0 aromatic heterocycles. The molecular weight excluding hydrogens is 338 g/mol. The Kier molecular flexibility index (Phi) is 6.16. The van der Waals surface area contributed by atoms with E-state index in [4.69, 9.17) is 25.4 Å². The van der Waals surface area contributed by atoms with Crippen LogP contribution in [0.1, 0.15) is 5.56 Å². The number of benzene rings is 1. The van der Waals surface area contributed by atoms with Crippen LogP contribution in [0.2, 0.25) is 0 Å². The molecule has 1 heterocycles. The summed E-state index contributed by atoms with van der Waals surface area (Å²) in [4.78, 5) is 10.8. The van der Waals surface area contributed by atoms with Gasteiger partial charge in [-0.3, -0.25) is 4.79 Å². The molecule has 0 amide bonds. The Morgan fingerprint density at radius 2 is 1.92 bits per heavy atom. The summed E-state index contributed by atoms with van der Waals surface area (Å²) in [7, 11) is 0. The highest BCUT2D eigenvalue weighted by atomic mass is 16.7. The third-order valence-corrected chi connectivity index (χ3v) is 3.89. The van der Waals surface area contributed by atoms with Gasteiger partial charge in [-0.1, -0.05) is 6.07 Å². The lowest BCUT2D eigenvalue weighted by Gasteiger charge is -2.39. The van der Waals surface area contributed by atoms with E-state index < -0.39 is 49.3 Å². The topological polar surface area (TPSA) is 183 Å². The first kappa shape index (κ1) is 19.4. The molecule has 10 nitrogen and oxygen atoms in total. The number of aliphatic hydroxyl groups is 4. The van der Waals surface area contributed by atoms with E-state index in [0.717, 1.165) is 0 Å². The first-order valence-corrected chi connectivity index (χ1v) is 7.52. The van der Waals surface area contributed by atoms with E-state index in [1.165, 1.54) is 18.2 Å². The first-order valence-electron chi connectivity index (χ1n) is 7.52. The first-order chi connectivity index (χ1) is 11.7. The van der Waals surface area contributed by atoms with E-state index in [9.17, 15) is 25.2 Å². The van der Waals surface area contributed by atoms with Gasteiger partial charge in [0, 0.05) is 0 Å². The zero-order valence-corrected chi connectivity index (χ0v) is 13.1. The van der Waals surface area contributed by atoms with E-state index >= 15 is 0 Å². The highest BCUT2D eigenvalue weighted by Gasteiger charge is 2.44.